The maximum atomic E-state index is 10.4. The van der Waals surface area contributed by atoms with E-state index in [1.54, 1.807) is 0 Å². The van der Waals surface area contributed by atoms with Gasteiger partial charge in [-0.25, -0.2) is 9.59 Å². The number of halogens is 1. The summed E-state index contributed by atoms with van der Waals surface area (Å²) < 4.78 is 41.0. The molecule has 0 heterocycles. The molecular formula is C14H29ClN2O8S. The van der Waals surface area contributed by atoms with Gasteiger partial charge in [0.2, 0.25) is 0 Å². The van der Waals surface area contributed by atoms with Crippen LogP contribution < -0.4 is 0 Å². The molecule has 0 amide bonds. The van der Waals surface area contributed by atoms with Crippen LogP contribution in [0.4, 0.5) is 0 Å². The average Bonchev–Trinajstić information content (AvgIpc) is 2.45. The Labute approximate surface area is 161 Å². The number of nitrogens with zero attached hydrogens (tertiary/aromatic N) is 2. The second kappa shape index (κ2) is 19.8. The van der Waals surface area contributed by atoms with Crippen LogP contribution in [-0.2, 0) is 29.5 Å². The van der Waals surface area contributed by atoms with Gasteiger partial charge in [-0.05, 0) is 28.2 Å². The minimum Gasteiger partial charge on any atom is -0.461 e. The molecule has 12 heteroatoms. The van der Waals surface area contributed by atoms with E-state index in [0.29, 0.717) is 13.2 Å². The van der Waals surface area contributed by atoms with Crippen LogP contribution >= 0.6 is 12.4 Å². The zero-order valence-electron chi connectivity index (χ0n) is 15.5. The highest BCUT2D eigenvalue weighted by molar-refractivity contribution is 7.79. The van der Waals surface area contributed by atoms with E-state index in [4.69, 9.17) is 27.0 Å². The van der Waals surface area contributed by atoms with Crippen molar-refractivity contribution in [2.24, 2.45) is 0 Å². The third kappa shape index (κ3) is 49.5. The lowest BCUT2D eigenvalue weighted by atomic mass is 10.6. The number of likely N-dealkylation sites (N-methyl/N-ethyl adjacent to an activating group) is 2. The summed E-state index contributed by atoms with van der Waals surface area (Å²) >= 11 is 0. The molecule has 26 heavy (non-hydrogen) atoms. The van der Waals surface area contributed by atoms with Crippen molar-refractivity contribution >= 4 is 34.7 Å². The Hall–Kier alpha value is -1.50. The zero-order valence-corrected chi connectivity index (χ0v) is 17.1. The lowest BCUT2D eigenvalue weighted by molar-refractivity contribution is -0.138. The van der Waals surface area contributed by atoms with Gasteiger partial charge in [-0.15, -0.1) is 12.4 Å². The van der Waals surface area contributed by atoms with Crippen LogP contribution in [0.15, 0.2) is 25.3 Å². The monoisotopic (exact) mass is 420 g/mol. The maximum Gasteiger partial charge on any atom is 0.394 e. The molecule has 0 aliphatic rings. The Morgan fingerprint density at radius 2 is 1.12 bits per heavy atom. The summed E-state index contributed by atoms with van der Waals surface area (Å²) in [5.74, 6) is -0.719. The summed E-state index contributed by atoms with van der Waals surface area (Å²) in [5.41, 5.74) is 0. The number of carbonyl (C=O) groups is 2. The molecule has 0 aromatic carbocycles. The molecular weight excluding hydrogens is 392 g/mol. The van der Waals surface area contributed by atoms with Crippen LogP contribution in [0, 0.1) is 0 Å². The largest absolute Gasteiger partial charge is 0.461 e. The number of carbonyl (C=O) groups excluding carboxylic acids is 2. The first-order chi connectivity index (χ1) is 11.3. The molecule has 10 nitrogen and oxygen atoms in total. The summed E-state index contributed by atoms with van der Waals surface area (Å²) in [5, 5.41) is 0. The van der Waals surface area contributed by atoms with Gasteiger partial charge in [-0.2, -0.15) is 8.42 Å². The standard InChI is InChI=1S/2C7H13NO2.ClH.H2O4S/c2*1-4-7(9)10-6-5-8(2)3;;1-5(2,3)4/h2*4H,1,5-6H2,2-3H3;1H;(H2,1,2,3,4). The van der Waals surface area contributed by atoms with E-state index in [1.165, 1.54) is 0 Å². The van der Waals surface area contributed by atoms with Gasteiger partial charge in [0.1, 0.15) is 13.2 Å². The summed E-state index contributed by atoms with van der Waals surface area (Å²) in [6, 6.07) is 0. The van der Waals surface area contributed by atoms with Gasteiger partial charge in [0.05, 0.1) is 0 Å². The third-order valence-corrected chi connectivity index (χ3v) is 1.90. The summed E-state index contributed by atoms with van der Waals surface area (Å²) in [6.07, 6.45) is 2.32. The van der Waals surface area contributed by atoms with Gasteiger partial charge in [-0.3, -0.25) is 9.11 Å². The molecule has 0 rings (SSSR count). The van der Waals surface area contributed by atoms with E-state index >= 15 is 0 Å². The molecule has 0 aromatic rings. The van der Waals surface area contributed by atoms with Crippen molar-refractivity contribution < 1.29 is 36.6 Å². The topological polar surface area (TPSA) is 134 Å². The van der Waals surface area contributed by atoms with E-state index < -0.39 is 10.4 Å². The van der Waals surface area contributed by atoms with Crippen LogP contribution in [0.3, 0.4) is 0 Å². The molecule has 0 bridgehead atoms. The number of ether oxygens (including phenoxy) is 2. The highest BCUT2D eigenvalue weighted by atomic mass is 35.5. The van der Waals surface area contributed by atoms with Crippen molar-refractivity contribution in [3.8, 4) is 0 Å². The Balaban J connectivity index is -0.000000145. The molecule has 0 radical (unpaired) electrons. The second-order valence-corrected chi connectivity index (χ2v) is 5.69. The Bertz CT molecular complexity index is 457. The number of rotatable bonds is 8. The fraction of sp³-hybridized carbons (Fsp3) is 0.571. The molecule has 0 aliphatic heterocycles. The fourth-order valence-electron chi connectivity index (χ4n) is 0.775. The first kappa shape index (κ1) is 32.2. The molecule has 2 N–H and O–H groups in total. The van der Waals surface area contributed by atoms with Crippen LogP contribution in [0.1, 0.15) is 0 Å². The smallest absolute Gasteiger partial charge is 0.394 e. The van der Waals surface area contributed by atoms with E-state index in [0.717, 1.165) is 25.2 Å². The number of hydrogen-bond donors (Lipinski definition) is 2. The molecule has 0 saturated carbocycles. The van der Waals surface area contributed by atoms with Gasteiger partial charge in [-0.1, -0.05) is 13.2 Å². The first-order valence-electron chi connectivity index (χ1n) is 6.91. The van der Waals surface area contributed by atoms with E-state index in [1.807, 2.05) is 38.0 Å². The molecule has 0 unspecified atom stereocenters. The quantitative estimate of drug-likeness (QED) is 0.321. The van der Waals surface area contributed by atoms with Crippen LogP contribution in [-0.4, -0.2) is 93.8 Å². The minimum atomic E-state index is -4.67. The highest BCUT2D eigenvalue weighted by Crippen LogP contribution is 1.81. The van der Waals surface area contributed by atoms with Gasteiger partial charge < -0.3 is 19.3 Å². The minimum absolute atomic E-state index is 0. The molecule has 156 valence electrons. The Kier molecular flexibility index (Phi) is 24.5. The van der Waals surface area contributed by atoms with Crippen molar-refractivity contribution in [2.45, 2.75) is 0 Å². The average molecular weight is 421 g/mol. The second-order valence-electron chi connectivity index (χ2n) is 4.80. The van der Waals surface area contributed by atoms with Gasteiger partial charge in [0, 0.05) is 25.2 Å². The SMILES string of the molecule is C=CC(=O)OCCN(C)C.C=CC(=O)OCCN(C)C.Cl.O=S(=O)(O)O. The van der Waals surface area contributed by atoms with E-state index in [2.05, 4.69) is 13.2 Å². The number of hydrogen-bond acceptors (Lipinski definition) is 8. The lowest BCUT2D eigenvalue weighted by Crippen LogP contribution is -2.19. The van der Waals surface area contributed by atoms with Crippen molar-refractivity contribution in [2.75, 3.05) is 54.5 Å². The Morgan fingerprint density at radius 1 is 0.885 bits per heavy atom. The normalized spacial score (nSPS) is 9.54. The Morgan fingerprint density at radius 3 is 1.27 bits per heavy atom. The van der Waals surface area contributed by atoms with Crippen LogP contribution in [0.5, 0.6) is 0 Å². The predicted molar refractivity (Wildman–Crippen MR) is 101 cm³/mol. The van der Waals surface area contributed by atoms with Gasteiger partial charge in [0.25, 0.3) is 0 Å². The van der Waals surface area contributed by atoms with Crippen molar-refractivity contribution in [1.29, 1.82) is 0 Å². The molecule has 0 fully saturated rings. The fourth-order valence-corrected chi connectivity index (χ4v) is 0.775. The van der Waals surface area contributed by atoms with E-state index in [9.17, 15) is 9.59 Å². The number of esters is 2. The van der Waals surface area contributed by atoms with Crippen molar-refractivity contribution in [1.82, 2.24) is 9.80 Å². The summed E-state index contributed by atoms with van der Waals surface area (Å²) in [7, 11) is 3.01. The van der Waals surface area contributed by atoms with Crippen LogP contribution in [0.2, 0.25) is 0 Å². The molecule has 0 spiro atoms. The molecule has 0 atom stereocenters. The van der Waals surface area contributed by atoms with Crippen molar-refractivity contribution in [3.05, 3.63) is 25.3 Å². The zero-order chi connectivity index (χ0) is 20.5. The van der Waals surface area contributed by atoms with E-state index in [-0.39, 0.29) is 24.3 Å². The van der Waals surface area contributed by atoms with Crippen LogP contribution in [0.25, 0.3) is 0 Å². The summed E-state index contributed by atoms with van der Waals surface area (Å²) in [6.45, 7) is 8.90. The molecule has 0 saturated heterocycles. The maximum absolute atomic E-state index is 10.4. The third-order valence-electron chi connectivity index (χ3n) is 1.90. The molecule has 0 aliphatic carbocycles. The summed E-state index contributed by atoms with van der Waals surface area (Å²) in [4.78, 5) is 24.8. The van der Waals surface area contributed by atoms with Crippen molar-refractivity contribution in [3.63, 3.8) is 0 Å². The lowest BCUT2D eigenvalue weighted by Gasteiger charge is -2.07. The van der Waals surface area contributed by atoms with Gasteiger partial charge in [0.15, 0.2) is 0 Å². The molecule has 0 aromatic heterocycles. The highest BCUT2D eigenvalue weighted by Gasteiger charge is 1.95. The van der Waals surface area contributed by atoms with Gasteiger partial charge >= 0.3 is 22.3 Å². The first-order valence-corrected chi connectivity index (χ1v) is 8.30. The predicted octanol–water partition coefficient (Wildman–Crippen LogP) is 0.323.